The normalized spacial score (nSPS) is 10.5. The standard InChI is InChI=1S/C11H15BrN2O2/c1-14(2)13-11(15)8-16-7-9-4-3-5-10(12)6-9/h3-6H,7-8H2,1-2H3,(H,13,15). The second-order valence-electron chi connectivity index (χ2n) is 3.55. The van der Waals surface area contributed by atoms with E-state index in [1.165, 1.54) is 0 Å². The van der Waals surface area contributed by atoms with Crippen molar-refractivity contribution in [2.24, 2.45) is 0 Å². The minimum absolute atomic E-state index is 0.0602. The summed E-state index contributed by atoms with van der Waals surface area (Å²) in [6.45, 7) is 0.491. The SMILES string of the molecule is CN(C)NC(=O)COCc1cccc(Br)c1. The van der Waals surface area contributed by atoms with E-state index in [2.05, 4.69) is 21.4 Å². The summed E-state index contributed by atoms with van der Waals surface area (Å²) in [5.74, 6) is -0.153. The van der Waals surface area contributed by atoms with Gasteiger partial charge in [0.2, 0.25) is 0 Å². The van der Waals surface area contributed by atoms with Crippen LogP contribution in [-0.2, 0) is 16.1 Å². The number of hydrazine groups is 1. The maximum atomic E-state index is 11.2. The highest BCUT2D eigenvalue weighted by molar-refractivity contribution is 9.10. The van der Waals surface area contributed by atoms with Gasteiger partial charge >= 0.3 is 0 Å². The van der Waals surface area contributed by atoms with E-state index in [0.29, 0.717) is 6.61 Å². The van der Waals surface area contributed by atoms with E-state index in [1.54, 1.807) is 19.1 Å². The zero-order valence-corrected chi connectivity index (χ0v) is 11.0. The summed E-state index contributed by atoms with van der Waals surface area (Å²) in [4.78, 5) is 11.2. The van der Waals surface area contributed by atoms with Gasteiger partial charge in [-0.25, -0.2) is 5.01 Å². The molecule has 1 rings (SSSR count). The Morgan fingerprint density at radius 1 is 1.50 bits per heavy atom. The Hall–Kier alpha value is -0.910. The minimum atomic E-state index is -0.153. The second-order valence-corrected chi connectivity index (χ2v) is 4.47. The number of halogens is 1. The molecule has 0 aromatic heterocycles. The summed E-state index contributed by atoms with van der Waals surface area (Å²) in [5.41, 5.74) is 3.63. The number of benzene rings is 1. The van der Waals surface area contributed by atoms with Crippen LogP contribution in [0, 0.1) is 0 Å². The van der Waals surface area contributed by atoms with Gasteiger partial charge in [-0.2, -0.15) is 0 Å². The molecule has 0 fully saturated rings. The fourth-order valence-electron chi connectivity index (χ4n) is 1.17. The number of hydrogen-bond donors (Lipinski definition) is 1. The highest BCUT2D eigenvalue weighted by atomic mass is 79.9. The van der Waals surface area contributed by atoms with Crippen molar-refractivity contribution in [3.8, 4) is 0 Å². The number of rotatable bonds is 5. The third-order valence-electron chi connectivity index (χ3n) is 1.74. The van der Waals surface area contributed by atoms with Gasteiger partial charge in [0.05, 0.1) is 6.61 Å². The van der Waals surface area contributed by atoms with Crippen LogP contribution in [0.1, 0.15) is 5.56 Å². The van der Waals surface area contributed by atoms with Crippen molar-refractivity contribution in [1.82, 2.24) is 10.4 Å². The molecule has 4 nitrogen and oxygen atoms in total. The summed E-state index contributed by atoms with van der Waals surface area (Å²) in [6.07, 6.45) is 0. The first-order valence-electron chi connectivity index (χ1n) is 4.87. The average Bonchev–Trinajstić information content (AvgIpc) is 2.16. The topological polar surface area (TPSA) is 41.6 Å². The van der Waals surface area contributed by atoms with E-state index < -0.39 is 0 Å². The molecule has 1 aromatic rings. The van der Waals surface area contributed by atoms with E-state index >= 15 is 0 Å². The molecule has 0 radical (unpaired) electrons. The smallest absolute Gasteiger partial charge is 0.260 e. The molecule has 1 N–H and O–H groups in total. The van der Waals surface area contributed by atoms with E-state index in [0.717, 1.165) is 10.0 Å². The molecular weight excluding hydrogens is 272 g/mol. The van der Waals surface area contributed by atoms with Gasteiger partial charge in [-0.3, -0.25) is 10.2 Å². The quantitative estimate of drug-likeness (QED) is 0.836. The van der Waals surface area contributed by atoms with Crippen molar-refractivity contribution in [3.05, 3.63) is 34.3 Å². The number of carbonyl (C=O) groups excluding carboxylic acids is 1. The molecule has 1 aromatic carbocycles. The van der Waals surface area contributed by atoms with Gasteiger partial charge in [0, 0.05) is 18.6 Å². The lowest BCUT2D eigenvalue weighted by atomic mass is 10.2. The van der Waals surface area contributed by atoms with Crippen molar-refractivity contribution in [2.75, 3.05) is 20.7 Å². The van der Waals surface area contributed by atoms with Crippen LogP contribution in [0.5, 0.6) is 0 Å². The summed E-state index contributed by atoms with van der Waals surface area (Å²) in [5, 5.41) is 1.59. The number of ether oxygens (including phenoxy) is 1. The highest BCUT2D eigenvalue weighted by Crippen LogP contribution is 2.12. The van der Waals surface area contributed by atoms with Crippen LogP contribution in [-0.4, -0.2) is 31.6 Å². The highest BCUT2D eigenvalue weighted by Gasteiger charge is 2.02. The molecular formula is C11H15BrN2O2. The maximum absolute atomic E-state index is 11.2. The lowest BCUT2D eigenvalue weighted by molar-refractivity contribution is -0.129. The zero-order valence-electron chi connectivity index (χ0n) is 9.37. The van der Waals surface area contributed by atoms with Crippen LogP contribution in [0.4, 0.5) is 0 Å². The number of carbonyl (C=O) groups is 1. The van der Waals surface area contributed by atoms with Crippen LogP contribution in [0.15, 0.2) is 28.7 Å². The molecule has 0 heterocycles. The molecule has 0 bridgehead atoms. The molecule has 0 aliphatic carbocycles. The Bertz CT molecular complexity index is 356. The molecule has 0 aliphatic heterocycles. The van der Waals surface area contributed by atoms with Gasteiger partial charge in [-0.15, -0.1) is 0 Å². The molecule has 5 heteroatoms. The summed E-state index contributed by atoms with van der Waals surface area (Å²) >= 11 is 3.37. The molecule has 0 spiro atoms. The largest absolute Gasteiger partial charge is 0.367 e. The van der Waals surface area contributed by atoms with Crippen LogP contribution >= 0.6 is 15.9 Å². The predicted octanol–water partition coefficient (Wildman–Crippen LogP) is 1.56. The van der Waals surface area contributed by atoms with Crippen LogP contribution < -0.4 is 5.43 Å². The number of nitrogens with zero attached hydrogens (tertiary/aromatic N) is 1. The first-order chi connectivity index (χ1) is 7.58. The Labute approximate surface area is 104 Å². The summed E-state index contributed by atoms with van der Waals surface area (Å²) < 4.78 is 6.28. The van der Waals surface area contributed by atoms with E-state index in [-0.39, 0.29) is 12.5 Å². The van der Waals surface area contributed by atoms with Gasteiger partial charge in [-0.05, 0) is 17.7 Å². The Morgan fingerprint density at radius 2 is 2.25 bits per heavy atom. The van der Waals surface area contributed by atoms with Crippen molar-refractivity contribution in [2.45, 2.75) is 6.61 Å². The third-order valence-corrected chi connectivity index (χ3v) is 2.23. The molecule has 0 saturated carbocycles. The van der Waals surface area contributed by atoms with E-state index in [4.69, 9.17) is 4.74 Å². The van der Waals surface area contributed by atoms with Crippen LogP contribution in [0.2, 0.25) is 0 Å². The van der Waals surface area contributed by atoms with Crippen molar-refractivity contribution in [3.63, 3.8) is 0 Å². The molecule has 0 atom stereocenters. The molecule has 0 unspecified atom stereocenters. The van der Waals surface area contributed by atoms with E-state index in [1.807, 2.05) is 24.3 Å². The fraction of sp³-hybridized carbons (Fsp3) is 0.364. The van der Waals surface area contributed by atoms with Crippen LogP contribution in [0.3, 0.4) is 0 Å². The third kappa shape index (κ3) is 5.25. The molecule has 16 heavy (non-hydrogen) atoms. The predicted molar refractivity (Wildman–Crippen MR) is 65.6 cm³/mol. The molecule has 1 amide bonds. The fourth-order valence-corrected chi connectivity index (χ4v) is 1.62. The zero-order chi connectivity index (χ0) is 12.0. The van der Waals surface area contributed by atoms with Crippen molar-refractivity contribution < 1.29 is 9.53 Å². The minimum Gasteiger partial charge on any atom is -0.367 e. The molecule has 0 aliphatic rings. The Balaban J connectivity index is 2.28. The lowest BCUT2D eigenvalue weighted by Crippen LogP contribution is -2.38. The van der Waals surface area contributed by atoms with Gasteiger partial charge in [0.25, 0.3) is 5.91 Å². The average molecular weight is 287 g/mol. The lowest BCUT2D eigenvalue weighted by Gasteiger charge is -2.11. The van der Waals surface area contributed by atoms with Gasteiger partial charge in [-0.1, -0.05) is 28.1 Å². The Morgan fingerprint density at radius 3 is 2.88 bits per heavy atom. The summed E-state index contributed by atoms with van der Waals surface area (Å²) in [6, 6.07) is 7.80. The van der Waals surface area contributed by atoms with E-state index in [9.17, 15) is 4.79 Å². The second kappa shape index (κ2) is 6.62. The Kier molecular flexibility index (Phi) is 5.45. The number of hydrogen-bond acceptors (Lipinski definition) is 3. The van der Waals surface area contributed by atoms with Gasteiger partial charge in [0.15, 0.2) is 0 Å². The maximum Gasteiger partial charge on any atom is 0.260 e. The van der Waals surface area contributed by atoms with Crippen LogP contribution in [0.25, 0.3) is 0 Å². The van der Waals surface area contributed by atoms with Crippen molar-refractivity contribution >= 4 is 21.8 Å². The number of nitrogens with one attached hydrogen (secondary N) is 1. The van der Waals surface area contributed by atoms with Crippen molar-refractivity contribution in [1.29, 1.82) is 0 Å². The first kappa shape index (κ1) is 13.2. The summed E-state index contributed by atoms with van der Waals surface area (Å²) in [7, 11) is 3.51. The molecule has 88 valence electrons. The first-order valence-corrected chi connectivity index (χ1v) is 5.66. The number of amides is 1. The monoisotopic (exact) mass is 286 g/mol. The van der Waals surface area contributed by atoms with Gasteiger partial charge in [0.1, 0.15) is 6.61 Å². The van der Waals surface area contributed by atoms with Gasteiger partial charge < -0.3 is 4.74 Å². The molecule has 0 saturated heterocycles.